The summed E-state index contributed by atoms with van der Waals surface area (Å²) in [6, 6.07) is 6.54. The summed E-state index contributed by atoms with van der Waals surface area (Å²) in [5.74, 6) is 1.84. The number of benzene rings is 1. The van der Waals surface area contributed by atoms with Crippen LogP contribution >= 0.6 is 0 Å². The third-order valence-corrected chi connectivity index (χ3v) is 5.26. The van der Waals surface area contributed by atoms with Crippen molar-refractivity contribution in [3.8, 4) is 0 Å². The van der Waals surface area contributed by atoms with Crippen molar-refractivity contribution in [1.82, 2.24) is 15.2 Å². The highest BCUT2D eigenvalue weighted by molar-refractivity contribution is 5.85. The molecule has 0 spiro atoms. The van der Waals surface area contributed by atoms with Crippen molar-refractivity contribution in [3.63, 3.8) is 0 Å². The summed E-state index contributed by atoms with van der Waals surface area (Å²) < 4.78 is 5.92. The topological polar surface area (TPSA) is 80.7 Å². The molecule has 23 heavy (non-hydrogen) atoms. The summed E-state index contributed by atoms with van der Waals surface area (Å²) in [5.41, 5.74) is 11.2. The van der Waals surface area contributed by atoms with E-state index in [9.17, 15) is 0 Å². The molecule has 3 aromatic rings. The molecule has 5 heteroatoms. The van der Waals surface area contributed by atoms with Crippen LogP contribution in [0.2, 0.25) is 0 Å². The first-order valence-electron chi connectivity index (χ1n) is 8.35. The van der Waals surface area contributed by atoms with E-state index in [1.165, 1.54) is 27.7 Å². The summed E-state index contributed by atoms with van der Waals surface area (Å²) in [6.07, 6.45) is 4.81. The molecule has 2 aliphatic rings. The van der Waals surface area contributed by atoms with Crippen LogP contribution in [-0.2, 0) is 18.4 Å². The van der Waals surface area contributed by atoms with Crippen LogP contribution < -0.4 is 5.73 Å². The Kier molecular flexibility index (Phi) is 2.57. The number of nitrogens with one attached hydrogen (secondary N) is 1. The van der Waals surface area contributed by atoms with Crippen LogP contribution in [-0.4, -0.2) is 15.2 Å². The molecular weight excluding hydrogens is 288 g/mol. The lowest BCUT2D eigenvalue weighted by Gasteiger charge is -2.30. The van der Waals surface area contributed by atoms with E-state index in [1.54, 1.807) is 0 Å². The van der Waals surface area contributed by atoms with Gasteiger partial charge in [0.1, 0.15) is 0 Å². The molecule has 0 radical (unpaired) electrons. The minimum absolute atomic E-state index is 0.468. The molecule has 1 fully saturated rings. The molecule has 0 bridgehead atoms. The predicted molar refractivity (Wildman–Crippen MR) is 87.2 cm³/mol. The van der Waals surface area contributed by atoms with Gasteiger partial charge in [-0.1, -0.05) is 12.1 Å². The number of rotatable bonds is 2. The van der Waals surface area contributed by atoms with Gasteiger partial charge in [-0.05, 0) is 49.8 Å². The van der Waals surface area contributed by atoms with Crippen LogP contribution in [0.5, 0.6) is 0 Å². The molecule has 0 unspecified atom stereocenters. The van der Waals surface area contributed by atoms with Crippen LogP contribution in [0.3, 0.4) is 0 Å². The van der Waals surface area contributed by atoms with E-state index < -0.39 is 5.54 Å². The molecule has 0 amide bonds. The van der Waals surface area contributed by atoms with Gasteiger partial charge < -0.3 is 15.1 Å². The molecule has 2 heterocycles. The van der Waals surface area contributed by atoms with E-state index in [1.807, 2.05) is 0 Å². The number of hydrogen-bond acceptors (Lipinski definition) is 4. The molecule has 0 saturated heterocycles. The van der Waals surface area contributed by atoms with Crippen molar-refractivity contribution in [2.24, 2.45) is 5.73 Å². The Morgan fingerprint density at radius 1 is 1.30 bits per heavy atom. The van der Waals surface area contributed by atoms with Crippen LogP contribution in [0.4, 0.5) is 0 Å². The Bertz CT molecular complexity index is 905. The number of aryl methyl sites for hydroxylation is 2. The Morgan fingerprint density at radius 3 is 3.00 bits per heavy atom. The van der Waals surface area contributed by atoms with Crippen molar-refractivity contribution in [1.29, 1.82) is 0 Å². The molecule has 1 atom stereocenters. The molecular formula is C18H20N4O. The Morgan fingerprint density at radius 2 is 2.17 bits per heavy atom. The van der Waals surface area contributed by atoms with E-state index in [-0.39, 0.29) is 0 Å². The Balaban J connectivity index is 1.56. The third-order valence-electron chi connectivity index (χ3n) is 5.26. The van der Waals surface area contributed by atoms with Crippen molar-refractivity contribution in [2.45, 2.75) is 50.5 Å². The summed E-state index contributed by atoms with van der Waals surface area (Å²) in [6.45, 7) is 2.12. The third kappa shape index (κ3) is 2.03. The first-order chi connectivity index (χ1) is 11.1. The fraction of sp³-hybridized carbons (Fsp3) is 0.444. The summed E-state index contributed by atoms with van der Waals surface area (Å²) in [5, 5.41) is 9.75. The van der Waals surface area contributed by atoms with Crippen molar-refractivity contribution in [2.75, 3.05) is 0 Å². The van der Waals surface area contributed by atoms with Crippen molar-refractivity contribution < 1.29 is 4.42 Å². The number of fused-ring (bicyclic) bond motifs is 3. The largest absolute Gasteiger partial charge is 0.423 e. The van der Waals surface area contributed by atoms with Gasteiger partial charge in [0.15, 0.2) is 0 Å². The second-order valence-corrected chi connectivity index (χ2v) is 7.18. The summed E-state index contributed by atoms with van der Waals surface area (Å²) in [4.78, 5) is 3.56. The highest BCUT2D eigenvalue weighted by Crippen LogP contribution is 2.42. The average Bonchev–Trinajstić information content (AvgIpc) is 3.15. The van der Waals surface area contributed by atoms with Crippen LogP contribution in [0.25, 0.3) is 10.9 Å². The van der Waals surface area contributed by atoms with Gasteiger partial charge in [-0.15, -0.1) is 10.2 Å². The average molecular weight is 308 g/mol. The van der Waals surface area contributed by atoms with Gasteiger partial charge >= 0.3 is 0 Å². The number of nitrogens with two attached hydrogens (primary N) is 1. The number of aromatic amines is 1. The molecule has 0 aliphatic heterocycles. The minimum atomic E-state index is -0.548. The van der Waals surface area contributed by atoms with Gasteiger partial charge in [-0.2, -0.15) is 0 Å². The zero-order chi connectivity index (χ0) is 15.6. The molecule has 1 aromatic carbocycles. The van der Waals surface area contributed by atoms with Gasteiger partial charge in [0, 0.05) is 28.9 Å². The molecule has 5 rings (SSSR count). The number of nitrogens with zero attached hydrogens (tertiary/aromatic N) is 2. The quantitative estimate of drug-likeness (QED) is 0.762. The monoisotopic (exact) mass is 308 g/mol. The maximum Gasteiger partial charge on any atom is 0.236 e. The fourth-order valence-corrected chi connectivity index (χ4v) is 3.71. The van der Waals surface area contributed by atoms with Gasteiger partial charge in [0.05, 0.1) is 5.54 Å². The van der Waals surface area contributed by atoms with E-state index in [0.717, 1.165) is 38.0 Å². The van der Waals surface area contributed by atoms with Gasteiger partial charge in [-0.25, -0.2) is 0 Å². The van der Waals surface area contributed by atoms with Gasteiger partial charge in [-0.3, -0.25) is 0 Å². The summed E-state index contributed by atoms with van der Waals surface area (Å²) in [7, 11) is 0. The van der Waals surface area contributed by atoms with Crippen LogP contribution in [0, 0.1) is 6.92 Å². The number of H-pyrrole nitrogens is 1. The highest BCUT2D eigenvalue weighted by Gasteiger charge is 2.40. The second-order valence-electron chi connectivity index (χ2n) is 7.18. The minimum Gasteiger partial charge on any atom is -0.423 e. The molecule has 5 nitrogen and oxygen atoms in total. The lowest BCUT2D eigenvalue weighted by Crippen LogP contribution is -2.42. The van der Waals surface area contributed by atoms with Gasteiger partial charge in [0.25, 0.3) is 0 Å². The molecule has 1 saturated carbocycles. The SMILES string of the molecule is Cc1ccc2c3c([nH]c2c1)CC[C@](N)(c1nnc(C2CC2)o1)C3. The maximum atomic E-state index is 6.70. The zero-order valence-corrected chi connectivity index (χ0v) is 13.2. The fourth-order valence-electron chi connectivity index (χ4n) is 3.71. The number of aromatic nitrogens is 3. The standard InChI is InChI=1S/C18H20N4O/c1-10-2-5-12-13-9-18(19,7-6-14(13)20-15(12)8-10)17-22-21-16(23-17)11-3-4-11/h2,5,8,11,20H,3-4,6-7,9,19H2,1H3/t18-/m1/s1. The Hall–Kier alpha value is -2.14. The normalized spacial score (nSPS) is 24.1. The molecule has 118 valence electrons. The maximum absolute atomic E-state index is 6.70. The van der Waals surface area contributed by atoms with Crippen molar-refractivity contribution in [3.05, 3.63) is 46.8 Å². The van der Waals surface area contributed by atoms with Crippen molar-refractivity contribution >= 4 is 10.9 Å². The Labute approximate surface area is 134 Å². The predicted octanol–water partition coefficient (Wildman–Crippen LogP) is 3.08. The zero-order valence-electron chi connectivity index (χ0n) is 13.2. The van der Waals surface area contributed by atoms with E-state index >= 15 is 0 Å². The van der Waals surface area contributed by atoms with E-state index in [2.05, 4.69) is 40.3 Å². The van der Waals surface area contributed by atoms with E-state index in [0.29, 0.717) is 11.8 Å². The lowest BCUT2D eigenvalue weighted by atomic mass is 9.80. The van der Waals surface area contributed by atoms with Crippen LogP contribution in [0.15, 0.2) is 22.6 Å². The van der Waals surface area contributed by atoms with Crippen LogP contribution in [0.1, 0.15) is 53.8 Å². The van der Waals surface area contributed by atoms with E-state index in [4.69, 9.17) is 10.2 Å². The lowest BCUT2D eigenvalue weighted by molar-refractivity contribution is 0.286. The molecule has 2 aliphatic carbocycles. The second kappa shape index (κ2) is 4.45. The van der Waals surface area contributed by atoms with Gasteiger partial charge in [0.2, 0.25) is 11.8 Å². The summed E-state index contributed by atoms with van der Waals surface area (Å²) >= 11 is 0. The molecule has 3 N–H and O–H groups in total. The smallest absolute Gasteiger partial charge is 0.236 e. The number of hydrogen-bond donors (Lipinski definition) is 2. The first kappa shape index (κ1) is 13.3. The highest BCUT2D eigenvalue weighted by atomic mass is 16.4. The molecule has 2 aromatic heterocycles. The first-order valence-corrected chi connectivity index (χ1v) is 8.35.